The minimum atomic E-state index is -4.03. The van der Waals surface area contributed by atoms with E-state index in [-0.39, 0.29) is 0 Å². The highest BCUT2D eigenvalue weighted by molar-refractivity contribution is 5.06. The third kappa shape index (κ3) is 1.96. The Balaban J connectivity index is 2.52. The maximum absolute atomic E-state index is 13.9. The summed E-state index contributed by atoms with van der Waals surface area (Å²) in [5.41, 5.74) is -4.54. The molecule has 0 radical (unpaired) electrons. The van der Waals surface area contributed by atoms with E-state index in [1.165, 1.54) is 0 Å². The third-order valence-corrected chi connectivity index (χ3v) is 3.14. The summed E-state index contributed by atoms with van der Waals surface area (Å²) in [7, 11) is 0. The Morgan fingerprint density at radius 1 is 1.45 bits per heavy atom. The summed E-state index contributed by atoms with van der Waals surface area (Å²) in [5.74, 6) is -4.03. The van der Waals surface area contributed by atoms with Crippen LogP contribution < -0.4 is 11.2 Å². The van der Waals surface area contributed by atoms with Crippen LogP contribution in [0.2, 0.25) is 0 Å². The fourth-order valence-electron chi connectivity index (χ4n) is 1.98. The van der Waals surface area contributed by atoms with Gasteiger partial charge in [0.25, 0.3) is 5.56 Å². The Bertz CT molecular complexity index is 609. The summed E-state index contributed by atoms with van der Waals surface area (Å²) >= 11 is 0. The van der Waals surface area contributed by atoms with Gasteiger partial charge in [-0.15, -0.1) is 0 Å². The van der Waals surface area contributed by atoms with Crippen molar-refractivity contribution >= 4 is 0 Å². The lowest BCUT2D eigenvalue weighted by Gasteiger charge is -2.25. The Morgan fingerprint density at radius 3 is 2.55 bits per heavy atom. The van der Waals surface area contributed by atoms with Crippen LogP contribution in [-0.2, 0) is 4.74 Å². The van der Waals surface area contributed by atoms with Gasteiger partial charge in [-0.05, 0) is 0 Å². The zero-order chi connectivity index (χ0) is 15.1. The molecule has 20 heavy (non-hydrogen) atoms. The van der Waals surface area contributed by atoms with Crippen LogP contribution in [0.15, 0.2) is 21.9 Å². The molecule has 0 bridgehead atoms. The predicted octanol–water partition coefficient (Wildman–Crippen LogP) is -1.24. The number of aliphatic hydroxyl groups excluding tert-OH is 2. The SMILES string of the molecule is O=c1ccn(C2OC(CO)(CF)C(O)C2(F)F)c(=O)[nH]1. The maximum atomic E-state index is 13.9. The number of nitrogens with zero attached hydrogens (tertiary/aromatic N) is 1. The van der Waals surface area contributed by atoms with Crippen molar-refractivity contribution in [2.45, 2.75) is 23.9 Å². The molecule has 1 saturated heterocycles. The normalized spacial score (nSPS) is 32.5. The second kappa shape index (κ2) is 4.72. The lowest BCUT2D eigenvalue weighted by molar-refractivity contribution is -0.148. The van der Waals surface area contributed by atoms with E-state index in [1.54, 1.807) is 4.98 Å². The first-order valence-corrected chi connectivity index (χ1v) is 5.50. The number of aliphatic hydroxyl groups is 2. The highest BCUT2D eigenvalue weighted by Gasteiger charge is 2.67. The van der Waals surface area contributed by atoms with Gasteiger partial charge in [0.15, 0.2) is 11.7 Å². The smallest absolute Gasteiger partial charge is 0.330 e. The first-order chi connectivity index (χ1) is 9.28. The zero-order valence-electron chi connectivity index (χ0n) is 9.92. The third-order valence-electron chi connectivity index (χ3n) is 3.14. The van der Waals surface area contributed by atoms with Gasteiger partial charge >= 0.3 is 11.6 Å². The Labute approximate surface area is 109 Å². The lowest BCUT2D eigenvalue weighted by Crippen LogP contribution is -2.50. The molecule has 7 nitrogen and oxygen atoms in total. The standard InChI is InChI=1S/C10H11F3N2O5/c11-3-9(4-16)6(18)10(12,13)7(20-9)15-2-1-5(17)14-8(15)19/h1-2,6-7,16,18H,3-4H2,(H,14,17,19). The summed E-state index contributed by atoms with van der Waals surface area (Å²) in [6, 6.07) is 0.793. The molecule has 2 heterocycles. The number of nitrogens with one attached hydrogen (secondary N) is 1. The number of hydrogen-bond donors (Lipinski definition) is 3. The maximum Gasteiger partial charge on any atom is 0.330 e. The van der Waals surface area contributed by atoms with E-state index < -0.39 is 48.4 Å². The van der Waals surface area contributed by atoms with Crippen molar-refractivity contribution in [3.63, 3.8) is 0 Å². The van der Waals surface area contributed by atoms with Gasteiger partial charge in [0.1, 0.15) is 6.67 Å². The van der Waals surface area contributed by atoms with Crippen LogP contribution in [0.1, 0.15) is 6.23 Å². The predicted molar refractivity (Wildman–Crippen MR) is 58.2 cm³/mol. The molecule has 0 aliphatic carbocycles. The average Bonchev–Trinajstić information content (AvgIpc) is 2.60. The highest BCUT2D eigenvalue weighted by Crippen LogP contribution is 2.47. The first-order valence-electron chi connectivity index (χ1n) is 5.50. The zero-order valence-corrected chi connectivity index (χ0v) is 9.92. The monoisotopic (exact) mass is 296 g/mol. The van der Waals surface area contributed by atoms with Crippen molar-refractivity contribution in [3.8, 4) is 0 Å². The van der Waals surface area contributed by atoms with E-state index in [0.29, 0.717) is 4.57 Å². The van der Waals surface area contributed by atoms with E-state index in [4.69, 9.17) is 9.84 Å². The van der Waals surface area contributed by atoms with Gasteiger partial charge in [-0.25, -0.2) is 9.18 Å². The summed E-state index contributed by atoms with van der Waals surface area (Å²) in [4.78, 5) is 24.1. The van der Waals surface area contributed by atoms with Gasteiger partial charge in [0.2, 0.25) is 6.23 Å². The van der Waals surface area contributed by atoms with E-state index in [1.807, 2.05) is 0 Å². The van der Waals surface area contributed by atoms with Crippen LogP contribution in [-0.4, -0.2) is 50.7 Å². The molecule has 0 saturated carbocycles. The van der Waals surface area contributed by atoms with Gasteiger partial charge in [0.05, 0.1) is 6.61 Å². The van der Waals surface area contributed by atoms with Crippen LogP contribution in [0.25, 0.3) is 0 Å². The van der Waals surface area contributed by atoms with Gasteiger partial charge < -0.3 is 14.9 Å². The minimum absolute atomic E-state index is 0.317. The molecule has 10 heteroatoms. The second-order valence-corrected chi connectivity index (χ2v) is 4.42. The Morgan fingerprint density at radius 2 is 2.10 bits per heavy atom. The van der Waals surface area contributed by atoms with Crippen molar-refractivity contribution in [2.75, 3.05) is 13.3 Å². The molecule has 1 aromatic heterocycles. The van der Waals surface area contributed by atoms with Crippen LogP contribution in [0.5, 0.6) is 0 Å². The van der Waals surface area contributed by atoms with Gasteiger partial charge in [-0.1, -0.05) is 0 Å². The van der Waals surface area contributed by atoms with E-state index in [0.717, 1.165) is 12.3 Å². The number of rotatable bonds is 3. The summed E-state index contributed by atoms with van der Waals surface area (Å²) in [6.45, 7) is -2.77. The number of aromatic amines is 1. The fraction of sp³-hybridized carbons (Fsp3) is 0.600. The molecule has 3 unspecified atom stereocenters. The molecule has 0 spiro atoms. The molecular weight excluding hydrogens is 285 g/mol. The molecule has 112 valence electrons. The minimum Gasteiger partial charge on any atom is -0.393 e. The Hall–Kier alpha value is -1.65. The highest BCUT2D eigenvalue weighted by atomic mass is 19.3. The molecule has 1 aliphatic heterocycles. The van der Waals surface area contributed by atoms with Crippen molar-refractivity contribution in [3.05, 3.63) is 33.1 Å². The number of halogens is 3. The van der Waals surface area contributed by atoms with Gasteiger partial charge in [-0.2, -0.15) is 8.78 Å². The molecule has 1 aromatic rings. The van der Waals surface area contributed by atoms with Crippen LogP contribution in [0.3, 0.4) is 0 Å². The van der Waals surface area contributed by atoms with E-state index >= 15 is 0 Å². The quantitative estimate of drug-likeness (QED) is 0.647. The summed E-state index contributed by atoms with van der Waals surface area (Å²) in [5, 5.41) is 18.5. The molecule has 0 amide bonds. The fourth-order valence-corrected chi connectivity index (χ4v) is 1.98. The topological polar surface area (TPSA) is 105 Å². The number of hydrogen-bond acceptors (Lipinski definition) is 5. The van der Waals surface area contributed by atoms with Crippen LogP contribution in [0, 0.1) is 0 Å². The number of aromatic nitrogens is 2. The van der Waals surface area contributed by atoms with Crippen molar-refractivity contribution in [2.24, 2.45) is 0 Å². The molecule has 3 N–H and O–H groups in total. The molecule has 0 aromatic carbocycles. The molecule has 1 aliphatic rings. The van der Waals surface area contributed by atoms with Gasteiger partial charge in [-0.3, -0.25) is 14.3 Å². The Kier molecular flexibility index (Phi) is 3.48. The summed E-state index contributed by atoms with van der Waals surface area (Å²) < 4.78 is 45.8. The first kappa shape index (κ1) is 14.8. The van der Waals surface area contributed by atoms with Crippen LogP contribution >= 0.6 is 0 Å². The average molecular weight is 296 g/mol. The molecule has 1 fully saturated rings. The van der Waals surface area contributed by atoms with Gasteiger partial charge in [0, 0.05) is 12.3 Å². The molecule has 2 rings (SSSR count). The number of H-pyrrole nitrogens is 1. The second-order valence-electron chi connectivity index (χ2n) is 4.42. The van der Waals surface area contributed by atoms with E-state index in [9.17, 15) is 27.9 Å². The largest absolute Gasteiger partial charge is 0.393 e. The summed E-state index contributed by atoms with van der Waals surface area (Å²) in [6.07, 6.45) is -4.25. The van der Waals surface area contributed by atoms with E-state index in [2.05, 4.69) is 0 Å². The van der Waals surface area contributed by atoms with Crippen LogP contribution in [0.4, 0.5) is 13.2 Å². The molecular formula is C10H11F3N2O5. The lowest BCUT2D eigenvalue weighted by atomic mass is 9.97. The van der Waals surface area contributed by atoms with Crippen molar-refractivity contribution in [1.29, 1.82) is 0 Å². The van der Waals surface area contributed by atoms with Crippen molar-refractivity contribution in [1.82, 2.24) is 9.55 Å². The van der Waals surface area contributed by atoms with Crippen molar-refractivity contribution < 1.29 is 28.1 Å². The number of ether oxygens (including phenoxy) is 1. The molecule has 3 atom stereocenters. The number of alkyl halides is 3.